The van der Waals surface area contributed by atoms with Gasteiger partial charge in [0.05, 0.1) is 6.61 Å². The van der Waals surface area contributed by atoms with Crippen molar-refractivity contribution in [3.05, 3.63) is 0 Å². The number of nitrogens with two attached hydrogens (primary N) is 1. The first-order valence-corrected chi connectivity index (χ1v) is 5.76. The van der Waals surface area contributed by atoms with Crippen molar-refractivity contribution in [1.82, 2.24) is 9.80 Å². The second kappa shape index (κ2) is 6.43. The van der Waals surface area contributed by atoms with Crippen molar-refractivity contribution in [2.75, 3.05) is 54.0 Å². The molecular weight excluding hydrogens is 190 g/mol. The van der Waals surface area contributed by atoms with E-state index in [4.69, 9.17) is 10.5 Å². The average molecular weight is 215 g/mol. The summed E-state index contributed by atoms with van der Waals surface area (Å²) in [7, 11) is 6.33. The van der Waals surface area contributed by atoms with Crippen LogP contribution in [-0.2, 0) is 4.74 Å². The van der Waals surface area contributed by atoms with Crippen LogP contribution in [0.5, 0.6) is 0 Å². The maximum atomic E-state index is 6.15. The molecule has 1 heterocycles. The molecule has 2 atom stereocenters. The average Bonchev–Trinajstić information content (AvgIpc) is 2.67. The highest BCUT2D eigenvalue weighted by Crippen LogP contribution is 2.15. The van der Waals surface area contributed by atoms with Crippen LogP contribution in [0.25, 0.3) is 0 Å². The molecule has 1 fully saturated rings. The predicted molar refractivity (Wildman–Crippen MR) is 63.0 cm³/mol. The van der Waals surface area contributed by atoms with Crippen molar-refractivity contribution >= 4 is 0 Å². The van der Waals surface area contributed by atoms with Gasteiger partial charge in [0.25, 0.3) is 0 Å². The second-order valence-corrected chi connectivity index (χ2v) is 4.85. The van der Waals surface area contributed by atoms with Crippen molar-refractivity contribution in [3.8, 4) is 0 Å². The van der Waals surface area contributed by atoms with Crippen LogP contribution in [0, 0.1) is 5.92 Å². The second-order valence-electron chi connectivity index (χ2n) is 4.85. The third-order valence-corrected chi connectivity index (χ3v) is 3.02. The molecule has 1 saturated heterocycles. The summed E-state index contributed by atoms with van der Waals surface area (Å²) in [5.74, 6) is 0.562. The molecule has 0 saturated carbocycles. The molecule has 1 rings (SSSR count). The lowest BCUT2D eigenvalue weighted by atomic mass is 10.00. The van der Waals surface area contributed by atoms with Gasteiger partial charge in [0, 0.05) is 38.2 Å². The van der Waals surface area contributed by atoms with Crippen molar-refractivity contribution in [1.29, 1.82) is 0 Å². The van der Waals surface area contributed by atoms with Crippen LogP contribution in [0.2, 0.25) is 0 Å². The van der Waals surface area contributed by atoms with E-state index in [1.165, 1.54) is 0 Å². The van der Waals surface area contributed by atoms with Gasteiger partial charge >= 0.3 is 0 Å². The van der Waals surface area contributed by atoms with Gasteiger partial charge in [-0.1, -0.05) is 0 Å². The SMILES string of the molecule is CN(C)CCN(C)CC(N)C1CCOC1. The molecule has 0 amide bonds. The molecule has 0 aromatic carbocycles. The van der Waals surface area contributed by atoms with Gasteiger partial charge < -0.3 is 20.3 Å². The Morgan fingerprint density at radius 3 is 2.60 bits per heavy atom. The third-order valence-electron chi connectivity index (χ3n) is 3.02. The Labute approximate surface area is 93.4 Å². The van der Waals surface area contributed by atoms with Crippen LogP contribution in [0.3, 0.4) is 0 Å². The quantitative estimate of drug-likeness (QED) is 0.669. The standard InChI is InChI=1S/C11H25N3O/c1-13(2)5-6-14(3)8-11(12)10-4-7-15-9-10/h10-11H,4-9,12H2,1-3H3. The van der Waals surface area contributed by atoms with E-state index >= 15 is 0 Å². The van der Waals surface area contributed by atoms with Crippen LogP contribution in [0.1, 0.15) is 6.42 Å². The lowest BCUT2D eigenvalue weighted by molar-refractivity contribution is 0.173. The zero-order valence-electron chi connectivity index (χ0n) is 10.3. The van der Waals surface area contributed by atoms with Crippen LogP contribution in [0.15, 0.2) is 0 Å². The molecule has 4 heteroatoms. The molecule has 2 unspecified atom stereocenters. The van der Waals surface area contributed by atoms with Gasteiger partial charge in [-0.05, 0) is 27.6 Å². The minimum atomic E-state index is 0.264. The fraction of sp³-hybridized carbons (Fsp3) is 1.00. The summed E-state index contributed by atoms with van der Waals surface area (Å²) in [5, 5.41) is 0. The van der Waals surface area contributed by atoms with Gasteiger partial charge in [0.2, 0.25) is 0 Å². The molecule has 2 N–H and O–H groups in total. The Hall–Kier alpha value is -0.160. The van der Waals surface area contributed by atoms with E-state index in [-0.39, 0.29) is 6.04 Å². The van der Waals surface area contributed by atoms with E-state index in [2.05, 4.69) is 30.9 Å². The maximum absolute atomic E-state index is 6.15. The predicted octanol–water partition coefficient (Wildman–Crippen LogP) is -0.156. The lowest BCUT2D eigenvalue weighted by Gasteiger charge is -2.25. The third kappa shape index (κ3) is 4.93. The largest absolute Gasteiger partial charge is 0.381 e. The van der Waals surface area contributed by atoms with Gasteiger partial charge in [0.15, 0.2) is 0 Å². The summed E-state index contributed by atoms with van der Waals surface area (Å²) in [6, 6.07) is 0.264. The maximum Gasteiger partial charge on any atom is 0.0510 e. The van der Waals surface area contributed by atoms with Crippen LogP contribution >= 0.6 is 0 Å². The molecule has 15 heavy (non-hydrogen) atoms. The molecular formula is C11H25N3O. The van der Waals surface area contributed by atoms with Crippen molar-refractivity contribution in [2.24, 2.45) is 11.7 Å². The Morgan fingerprint density at radius 1 is 1.33 bits per heavy atom. The summed E-state index contributed by atoms with van der Waals surface area (Å²) < 4.78 is 5.35. The molecule has 0 radical (unpaired) electrons. The Balaban J connectivity index is 2.15. The summed E-state index contributed by atoms with van der Waals surface area (Å²) in [5.41, 5.74) is 6.15. The fourth-order valence-corrected chi connectivity index (χ4v) is 1.86. The lowest BCUT2D eigenvalue weighted by Crippen LogP contribution is -2.42. The highest BCUT2D eigenvalue weighted by molar-refractivity contribution is 4.78. The van der Waals surface area contributed by atoms with Gasteiger partial charge in [-0.3, -0.25) is 0 Å². The number of likely N-dealkylation sites (N-methyl/N-ethyl adjacent to an activating group) is 2. The molecule has 1 aliphatic heterocycles. The molecule has 0 bridgehead atoms. The molecule has 0 aromatic heterocycles. The number of hydrogen-bond acceptors (Lipinski definition) is 4. The Kier molecular flexibility index (Phi) is 5.53. The summed E-state index contributed by atoms with van der Waals surface area (Å²) in [6.45, 7) is 4.88. The first-order chi connectivity index (χ1) is 7.09. The van der Waals surface area contributed by atoms with E-state index in [9.17, 15) is 0 Å². The molecule has 4 nitrogen and oxygen atoms in total. The molecule has 0 aliphatic carbocycles. The van der Waals surface area contributed by atoms with Crippen LogP contribution in [0.4, 0.5) is 0 Å². The highest BCUT2D eigenvalue weighted by Gasteiger charge is 2.23. The number of nitrogens with zero attached hydrogens (tertiary/aromatic N) is 2. The van der Waals surface area contributed by atoms with Gasteiger partial charge in [-0.25, -0.2) is 0 Å². The molecule has 90 valence electrons. The van der Waals surface area contributed by atoms with E-state index in [1.54, 1.807) is 0 Å². The summed E-state index contributed by atoms with van der Waals surface area (Å²) in [6.07, 6.45) is 1.13. The monoisotopic (exact) mass is 215 g/mol. The minimum absolute atomic E-state index is 0.264. The van der Waals surface area contributed by atoms with Gasteiger partial charge in [0.1, 0.15) is 0 Å². The number of ether oxygens (including phenoxy) is 1. The first kappa shape index (κ1) is 12.9. The van der Waals surface area contributed by atoms with E-state index < -0.39 is 0 Å². The number of hydrogen-bond donors (Lipinski definition) is 1. The summed E-state index contributed by atoms with van der Waals surface area (Å²) >= 11 is 0. The van der Waals surface area contributed by atoms with E-state index in [0.29, 0.717) is 5.92 Å². The molecule has 1 aliphatic rings. The zero-order chi connectivity index (χ0) is 11.3. The smallest absolute Gasteiger partial charge is 0.0510 e. The van der Waals surface area contributed by atoms with Crippen molar-refractivity contribution in [3.63, 3.8) is 0 Å². The molecule has 0 spiro atoms. The Morgan fingerprint density at radius 2 is 2.07 bits per heavy atom. The van der Waals surface area contributed by atoms with Crippen molar-refractivity contribution in [2.45, 2.75) is 12.5 Å². The zero-order valence-corrected chi connectivity index (χ0v) is 10.3. The van der Waals surface area contributed by atoms with Crippen LogP contribution in [-0.4, -0.2) is 69.8 Å². The van der Waals surface area contributed by atoms with Gasteiger partial charge in [-0.15, -0.1) is 0 Å². The highest BCUT2D eigenvalue weighted by atomic mass is 16.5. The van der Waals surface area contributed by atoms with Gasteiger partial charge in [-0.2, -0.15) is 0 Å². The normalized spacial score (nSPS) is 24.0. The summed E-state index contributed by atoms with van der Waals surface area (Å²) in [4.78, 5) is 4.50. The first-order valence-electron chi connectivity index (χ1n) is 5.76. The molecule has 0 aromatic rings. The topological polar surface area (TPSA) is 41.7 Å². The van der Waals surface area contributed by atoms with E-state index in [0.717, 1.165) is 39.3 Å². The number of rotatable bonds is 6. The van der Waals surface area contributed by atoms with Crippen LogP contribution < -0.4 is 5.73 Å². The Bertz CT molecular complexity index is 169. The van der Waals surface area contributed by atoms with Crippen molar-refractivity contribution < 1.29 is 4.74 Å². The minimum Gasteiger partial charge on any atom is -0.381 e. The fourth-order valence-electron chi connectivity index (χ4n) is 1.86. The van der Waals surface area contributed by atoms with E-state index in [1.807, 2.05) is 0 Å².